The maximum absolute atomic E-state index is 12.8. The van der Waals surface area contributed by atoms with E-state index in [-0.39, 0.29) is 17.5 Å². The molecule has 0 heterocycles. The standard InChI is InChI=1S/C14H19ClN2O2S/c1-3-6-17(13-4-5-13)20(18,19)14-8-12(15)7-11(9-16)10(14)2/h3,7-8,13H,1,4-6,9,16H2,2H3. The Labute approximate surface area is 125 Å². The first-order chi connectivity index (χ1) is 9.41. The normalized spacial score (nSPS) is 15.6. The van der Waals surface area contributed by atoms with E-state index in [0.717, 1.165) is 18.4 Å². The van der Waals surface area contributed by atoms with Crippen molar-refractivity contribution in [2.45, 2.75) is 37.2 Å². The van der Waals surface area contributed by atoms with Crippen LogP contribution in [-0.4, -0.2) is 25.3 Å². The molecule has 1 aliphatic carbocycles. The molecule has 20 heavy (non-hydrogen) atoms. The first kappa shape index (κ1) is 15.5. The summed E-state index contributed by atoms with van der Waals surface area (Å²) >= 11 is 6.03. The highest BCUT2D eigenvalue weighted by Crippen LogP contribution is 2.34. The average Bonchev–Trinajstić information content (AvgIpc) is 3.22. The van der Waals surface area contributed by atoms with Crippen LogP contribution in [0.3, 0.4) is 0 Å². The van der Waals surface area contributed by atoms with Crippen molar-refractivity contribution in [2.75, 3.05) is 6.54 Å². The van der Waals surface area contributed by atoms with Crippen LogP contribution in [0.2, 0.25) is 5.02 Å². The van der Waals surface area contributed by atoms with E-state index in [2.05, 4.69) is 6.58 Å². The summed E-state index contributed by atoms with van der Waals surface area (Å²) < 4.78 is 27.1. The van der Waals surface area contributed by atoms with Gasteiger partial charge in [0.2, 0.25) is 10.0 Å². The molecule has 2 N–H and O–H groups in total. The summed E-state index contributed by atoms with van der Waals surface area (Å²) in [5, 5.41) is 0.393. The van der Waals surface area contributed by atoms with Crippen molar-refractivity contribution in [1.82, 2.24) is 4.31 Å². The molecule has 4 nitrogen and oxygen atoms in total. The molecule has 1 aliphatic rings. The lowest BCUT2D eigenvalue weighted by Gasteiger charge is -2.22. The Morgan fingerprint density at radius 2 is 2.15 bits per heavy atom. The van der Waals surface area contributed by atoms with Gasteiger partial charge in [0.25, 0.3) is 0 Å². The largest absolute Gasteiger partial charge is 0.326 e. The molecular weight excluding hydrogens is 296 g/mol. The molecule has 0 spiro atoms. The highest BCUT2D eigenvalue weighted by Gasteiger charge is 2.38. The van der Waals surface area contributed by atoms with Gasteiger partial charge in [0.1, 0.15) is 0 Å². The van der Waals surface area contributed by atoms with Gasteiger partial charge in [-0.3, -0.25) is 0 Å². The fraction of sp³-hybridized carbons (Fsp3) is 0.429. The zero-order chi connectivity index (χ0) is 14.9. The van der Waals surface area contributed by atoms with Crippen molar-refractivity contribution in [3.8, 4) is 0 Å². The maximum atomic E-state index is 12.8. The van der Waals surface area contributed by atoms with E-state index >= 15 is 0 Å². The molecule has 1 aromatic carbocycles. The van der Waals surface area contributed by atoms with Crippen molar-refractivity contribution in [2.24, 2.45) is 5.73 Å². The minimum absolute atomic E-state index is 0.0812. The topological polar surface area (TPSA) is 63.4 Å². The monoisotopic (exact) mass is 314 g/mol. The number of hydrogen-bond acceptors (Lipinski definition) is 3. The fourth-order valence-electron chi connectivity index (χ4n) is 2.25. The molecule has 1 fully saturated rings. The van der Waals surface area contributed by atoms with Crippen molar-refractivity contribution in [3.63, 3.8) is 0 Å². The van der Waals surface area contributed by atoms with E-state index in [4.69, 9.17) is 17.3 Å². The summed E-state index contributed by atoms with van der Waals surface area (Å²) in [6.07, 6.45) is 3.41. The summed E-state index contributed by atoms with van der Waals surface area (Å²) in [4.78, 5) is 0.249. The molecule has 0 bridgehead atoms. The third-order valence-electron chi connectivity index (χ3n) is 3.50. The number of rotatable bonds is 6. The predicted octanol–water partition coefficient (Wildman–Crippen LogP) is 2.45. The third kappa shape index (κ3) is 2.91. The zero-order valence-electron chi connectivity index (χ0n) is 11.5. The summed E-state index contributed by atoms with van der Waals surface area (Å²) in [5.41, 5.74) is 7.08. The first-order valence-electron chi connectivity index (χ1n) is 6.53. The van der Waals surface area contributed by atoms with Crippen LogP contribution in [0.4, 0.5) is 0 Å². The molecule has 0 amide bonds. The lowest BCUT2D eigenvalue weighted by atomic mass is 10.1. The van der Waals surface area contributed by atoms with Crippen molar-refractivity contribution in [3.05, 3.63) is 40.9 Å². The first-order valence-corrected chi connectivity index (χ1v) is 8.35. The highest BCUT2D eigenvalue weighted by atomic mass is 35.5. The van der Waals surface area contributed by atoms with Crippen LogP contribution in [0.15, 0.2) is 29.7 Å². The molecule has 0 atom stereocenters. The number of nitrogens with zero attached hydrogens (tertiary/aromatic N) is 1. The number of halogens is 1. The second-order valence-electron chi connectivity index (χ2n) is 4.99. The second kappa shape index (κ2) is 5.85. The molecule has 0 aromatic heterocycles. The van der Waals surface area contributed by atoms with E-state index in [1.165, 1.54) is 10.4 Å². The van der Waals surface area contributed by atoms with Gasteiger partial charge in [-0.25, -0.2) is 8.42 Å². The molecule has 1 aromatic rings. The van der Waals surface area contributed by atoms with Gasteiger partial charge in [0.05, 0.1) is 4.90 Å². The van der Waals surface area contributed by atoms with Gasteiger partial charge in [0.15, 0.2) is 0 Å². The van der Waals surface area contributed by atoms with Crippen LogP contribution in [0.25, 0.3) is 0 Å². The van der Waals surface area contributed by atoms with Gasteiger partial charge >= 0.3 is 0 Å². The molecule has 0 saturated heterocycles. The Morgan fingerprint density at radius 3 is 2.65 bits per heavy atom. The molecule has 2 rings (SSSR count). The summed E-state index contributed by atoms with van der Waals surface area (Å²) in [5.74, 6) is 0. The molecular formula is C14H19ClN2O2S. The quantitative estimate of drug-likeness (QED) is 0.820. The van der Waals surface area contributed by atoms with Crippen LogP contribution in [-0.2, 0) is 16.6 Å². The van der Waals surface area contributed by atoms with E-state index in [1.54, 1.807) is 19.1 Å². The van der Waals surface area contributed by atoms with Crippen molar-refractivity contribution in [1.29, 1.82) is 0 Å². The van der Waals surface area contributed by atoms with E-state index in [0.29, 0.717) is 17.1 Å². The molecule has 0 unspecified atom stereocenters. The average molecular weight is 315 g/mol. The summed E-state index contributed by atoms with van der Waals surface area (Å²) in [6.45, 7) is 5.99. The van der Waals surface area contributed by atoms with Gasteiger partial charge in [-0.2, -0.15) is 4.31 Å². The number of benzene rings is 1. The SMILES string of the molecule is C=CCN(C1CC1)S(=O)(=O)c1cc(Cl)cc(CN)c1C. The smallest absolute Gasteiger partial charge is 0.243 e. The zero-order valence-corrected chi connectivity index (χ0v) is 13.0. The van der Waals surface area contributed by atoms with Gasteiger partial charge < -0.3 is 5.73 Å². The van der Waals surface area contributed by atoms with E-state index < -0.39 is 10.0 Å². The maximum Gasteiger partial charge on any atom is 0.243 e. The molecule has 6 heteroatoms. The van der Waals surface area contributed by atoms with Crippen LogP contribution in [0, 0.1) is 6.92 Å². The van der Waals surface area contributed by atoms with Gasteiger partial charge in [-0.15, -0.1) is 6.58 Å². The number of sulfonamides is 1. The minimum Gasteiger partial charge on any atom is -0.326 e. The lowest BCUT2D eigenvalue weighted by Crippen LogP contribution is -2.33. The van der Waals surface area contributed by atoms with Crippen LogP contribution < -0.4 is 5.73 Å². The lowest BCUT2D eigenvalue weighted by molar-refractivity contribution is 0.435. The van der Waals surface area contributed by atoms with Crippen molar-refractivity contribution >= 4 is 21.6 Å². The van der Waals surface area contributed by atoms with E-state index in [9.17, 15) is 8.42 Å². The molecule has 0 aliphatic heterocycles. The van der Waals surface area contributed by atoms with Crippen LogP contribution in [0.1, 0.15) is 24.0 Å². The van der Waals surface area contributed by atoms with Crippen LogP contribution >= 0.6 is 11.6 Å². The Bertz CT molecular complexity index is 624. The Hall–Kier alpha value is -0.880. The summed E-state index contributed by atoms with van der Waals surface area (Å²) in [7, 11) is -3.56. The van der Waals surface area contributed by atoms with Crippen molar-refractivity contribution < 1.29 is 8.42 Å². The third-order valence-corrected chi connectivity index (χ3v) is 5.76. The molecule has 0 radical (unpaired) electrons. The molecule has 1 saturated carbocycles. The van der Waals surface area contributed by atoms with Gasteiger partial charge in [0, 0.05) is 24.2 Å². The second-order valence-corrected chi connectivity index (χ2v) is 7.28. The Morgan fingerprint density at radius 1 is 1.50 bits per heavy atom. The number of hydrogen-bond donors (Lipinski definition) is 1. The predicted molar refractivity (Wildman–Crippen MR) is 81.2 cm³/mol. The summed E-state index contributed by atoms with van der Waals surface area (Å²) in [6, 6.07) is 3.30. The van der Waals surface area contributed by atoms with Crippen LogP contribution in [0.5, 0.6) is 0 Å². The van der Waals surface area contributed by atoms with E-state index in [1.807, 2.05) is 0 Å². The minimum atomic E-state index is -3.56. The Kier molecular flexibility index (Phi) is 4.54. The molecule has 110 valence electrons. The van der Waals surface area contributed by atoms with Gasteiger partial charge in [-0.1, -0.05) is 17.7 Å². The fourth-order valence-corrected chi connectivity index (χ4v) is 4.50. The van der Waals surface area contributed by atoms with Gasteiger partial charge in [-0.05, 0) is 43.0 Å². The Balaban J connectivity index is 2.52. The highest BCUT2D eigenvalue weighted by molar-refractivity contribution is 7.89. The number of nitrogens with two attached hydrogens (primary N) is 1.